The summed E-state index contributed by atoms with van der Waals surface area (Å²) in [5, 5.41) is 13.7. The molecule has 8 nitrogen and oxygen atoms in total. The zero-order valence-electron chi connectivity index (χ0n) is 13.8. The highest BCUT2D eigenvalue weighted by atomic mass is 16.6. The van der Waals surface area contributed by atoms with Crippen molar-refractivity contribution >= 4 is 23.3 Å². The molecule has 1 aliphatic rings. The summed E-state index contributed by atoms with van der Waals surface area (Å²) < 4.78 is 5.38. The van der Waals surface area contributed by atoms with E-state index in [2.05, 4.69) is 5.32 Å². The van der Waals surface area contributed by atoms with Crippen molar-refractivity contribution in [3.05, 3.63) is 69.8 Å². The van der Waals surface area contributed by atoms with Crippen LogP contribution in [-0.4, -0.2) is 22.8 Å². The first kappa shape index (κ1) is 17.4. The van der Waals surface area contributed by atoms with Crippen LogP contribution in [0.4, 0.5) is 11.4 Å². The predicted octanol–water partition coefficient (Wildman–Crippen LogP) is 2.35. The molecule has 0 bridgehead atoms. The van der Waals surface area contributed by atoms with E-state index >= 15 is 0 Å². The number of rotatable bonds is 6. The van der Waals surface area contributed by atoms with Gasteiger partial charge >= 0.3 is 5.97 Å². The molecule has 0 spiro atoms. The first-order chi connectivity index (χ1) is 12.5. The molecule has 2 aromatic carbocycles. The van der Waals surface area contributed by atoms with Crippen LogP contribution in [0.5, 0.6) is 0 Å². The second-order valence-electron chi connectivity index (χ2n) is 6.01. The van der Waals surface area contributed by atoms with E-state index in [1.807, 2.05) is 0 Å². The van der Waals surface area contributed by atoms with Crippen molar-refractivity contribution in [1.82, 2.24) is 5.32 Å². The number of carbonyl (C=O) groups is 2. The SMILES string of the molecule is Nc1ccc([N+](=O)[O-])cc1C(=O)O[C@@H](C(=O)NC1CC1)c1ccccc1. The maximum Gasteiger partial charge on any atom is 0.341 e. The van der Waals surface area contributed by atoms with E-state index in [4.69, 9.17) is 10.5 Å². The van der Waals surface area contributed by atoms with Gasteiger partial charge in [-0.15, -0.1) is 0 Å². The summed E-state index contributed by atoms with van der Waals surface area (Å²) in [4.78, 5) is 35.3. The zero-order valence-corrected chi connectivity index (χ0v) is 13.8. The Labute approximate surface area is 149 Å². The molecule has 3 rings (SSSR count). The van der Waals surface area contributed by atoms with E-state index in [1.165, 1.54) is 12.1 Å². The summed E-state index contributed by atoms with van der Waals surface area (Å²) in [5.74, 6) is -1.33. The quantitative estimate of drug-likeness (QED) is 0.355. The molecule has 1 saturated carbocycles. The average Bonchev–Trinajstić information content (AvgIpc) is 3.44. The van der Waals surface area contributed by atoms with Gasteiger partial charge in [-0.05, 0) is 18.9 Å². The fourth-order valence-electron chi connectivity index (χ4n) is 2.41. The van der Waals surface area contributed by atoms with Crippen LogP contribution < -0.4 is 11.1 Å². The lowest BCUT2D eigenvalue weighted by molar-refractivity contribution is -0.384. The number of nitro benzene ring substituents is 1. The lowest BCUT2D eigenvalue weighted by atomic mass is 10.1. The third-order valence-corrected chi connectivity index (χ3v) is 3.96. The van der Waals surface area contributed by atoms with Gasteiger partial charge in [0.2, 0.25) is 6.10 Å². The Morgan fingerprint density at radius 1 is 1.19 bits per heavy atom. The van der Waals surface area contributed by atoms with Gasteiger partial charge in [0.25, 0.3) is 11.6 Å². The number of nitrogen functional groups attached to an aromatic ring is 1. The first-order valence-corrected chi connectivity index (χ1v) is 8.06. The van der Waals surface area contributed by atoms with Gasteiger partial charge in [0.05, 0.1) is 10.5 Å². The third kappa shape index (κ3) is 3.97. The Balaban J connectivity index is 1.86. The number of hydrogen-bond acceptors (Lipinski definition) is 6. The lowest BCUT2D eigenvalue weighted by Gasteiger charge is -2.18. The highest BCUT2D eigenvalue weighted by Gasteiger charge is 2.31. The Morgan fingerprint density at radius 2 is 1.88 bits per heavy atom. The van der Waals surface area contributed by atoms with Crippen LogP contribution in [0.1, 0.15) is 34.9 Å². The molecule has 1 atom stereocenters. The number of non-ortho nitro benzene ring substituents is 1. The molecular weight excluding hydrogens is 338 g/mol. The van der Waals surface area contributed by atoms with Gasteiger partial charge in [0.15, 0.2) is 0 Å². The number of nitrogens with zero attached hydrogens (tertiary/aromatic N) is 1. The minimum Gasteiger partial charge on any atom is -0.444 e. The third-order valence-electron chi connectivity index (χ3n) is 3.96. The number of nitrogens with two attached hydrogens (primary N) is 1. The number of nitrogens with one attached hydrogen (secondary N) is 1. The van der Waals surface area contributed by atoms with Gasteiger partial charge in [-0.1, -0.05) is 30.3 Å². The van der Waals surface area contributed by atoms with E-state index in [9.17, 15) is 19.7 Å². The largest absolute Gasteiger partial charge is 0.444 e. The molecule has 0 aliphatic heterocycles. The van der Waals surface area contributed by atoms with Crippen molar-refractivity contribution in [2.45, 2.75) is 25.0 Å². The van der Waals surface area contributed by atoms with Crippen LogP contribution in [0.2, 0.25) is 0 Å². The molecule has 1 amide bonds. The fourth-order valence-corrected chi connectivity index (χ4v) is 2.41. The molecule has 26 heavy (non-hydrogen) atoms. The molecular formula is C18H17N3O5. The molecule has 0 heterocycles. The van der Waals surface area contributed by atoms with Crippen LogP contribution >= 0.6 is 0 Å². The number of nitro groups is 1. The molecule has 3 N–H and O–H groups in total. The molecule has 2 aromatic rings. The van der Waals surface area contributed by atoms with E-state index in [0.717, 1.165) is 18.9 Å². The Morgan fingerprint density at radius 3 is 2.50 bits per heavy atom. The Hall–Kier alpha value is -3.42. The van der Waals surface area contributed by atoms with E-state index in [1.54, 1.807) is 30.3 Å². The molecule has 134 valence electrons. The highest BCUT2D eigenvalue weighted by molar-refractivity contribution is 5.97. The van der Waals surface area contributed by atoms with Crippen molar-refractivity contribution < 1.29 is 19.2 Å². The summed E-state index contributed by atoms with van der Waals surface area (Å²) in [6.07, 6.45) is 0.612. The summed E-state index contributed by atoms with van der Waals surface area (Å²) >= 11 is 0. The van der Waals surface area contributed by atoms with Crippen LogP contribution in [0.3, 0.4) is 0 Å². The minimum atomic E-state index is -1.16. The molecule has 1 aliphatic carbocycles. The predicted molar refractivity (Wildman–Crippen MR) is 93.3 cm³/mol. The summed E-state index contributed by atoms with van der Waals surface area (Å²) in [7, 11) is 0. The number of anilines is 1. The van der Waals surface area contributed by atoms with Gasteiger partial charge in [-0.25, -0.2) is 4.79 Å². The van der Waals surface area contributed by atoms with E-state index in [0.29, 0.717) is 5.56 Å². The monoisotopic (exact) mass is 355 g/mol. The standard InChI is InChI=1S/C18H17N3O5/c19-15-9-8-13(21(24)25)10-14(15)18(23)26-16(11-4-2-1-3-5-11)17(22)20-12-6-7-12/h1-5,8-10,12,16H,6-7,19H2,(H,20,22)/t16-/m1/s1. The number of ether oxygens (including phenoxy) is 1. The van der Waals surface area contributed by atoms with Crippen LogP contribution in [-0.2, 0) is 9.53 Å². The van der Waals surface area contributed by atoms with Crippen molar-refractivity contribution in [2.75, 3.05) is 5.73 Å². The molecule has 0 unspecified atom stereocenters. The first-order valence-electron chi connectivity index (χ1n) is 8.06. The fraction of sp³-hybridized carbons (Fsp3) is 0.222. The van der Waals surface area contributed by atoms with Crippen LogP contribution in [0, 0.1) is 10.1 Å². The molecule has 0 aromatic heterocycles. The van der Waals surface area contributed by atoms with Crippen LogP contribution in [0.15, 0.2) is 48.5 Å². The normalized spacial score (nSPS) is 14.3. The van der Waals surface area contributed by atoms with Crippen molar-refractivity contribution in [2.24, 2.45) is 0 Å². The van der Waals surface area contributed by atoms with Gasteiger partial charge in [-0.2, -0.15) is 0 Å². The van der Waals surface area contributed by atoms with Gasteiger partial charge < -0.3 is 15.8 Å². The van der Waals surface area contributed by atoms with E-state index in [-0.39, 0.29) is 23.0 Å². The van der Waals surface area contributed by atoms with Crippen molar-refractivity contribution in [3.8, 4) is 0 Å². The Bertz CT molecular complexity index is 849. The smallest absolute Gasteiger partial charge is 0.341 e. The maximum absolute atomic E-state index is 12.5. The summed E-state index contributed by atoms with van der Waals surface area (Å²) in [6, 6.07) is 12.2. The number of benzene rings is 2. The second kappa shape index (κ2) is 7.22. The molecule has 8 heteroatoms. The minimum absolute atomic E-state index is 0.0370. The van der Waals surface area contributed by atoms with Crippen molar-refractivity contribution in [3.63, 3.8) is 0 Å². The van der Waals surface area contributed by atoms with Crippen molar-refractivity contribution in [1.29, 1.82) is 0 Å². The van der Waals surface area contributed by atoms with E-state index < -0.39 is 22.9 Å². The number of esters is 1. The highest BCUT2D eigenvalue weighted by Crippen LogP contribution is 2.26. The number of amides is 1. The topological polar surface area (TPSA) is 125 Å². The zero-order chi connectivity index (χ0) is 18.7. The van der Waals surface area contributed by atoms with Crippen LogP contribution in [0.25, 0.3) is 0 Å². The number of hydrogen-bond donors (Lipinski definition) is 2. The molecule has 1 fully saturated rings. The second-order valence-corrected chi connectivity index (χ2v) is 6.01. The van der Waals surface area contributed by atoms with Gasteiger partial charge in [0, 0.05) is 29.4 Å². The molecule has 0 radical (unpaired) electrons. The lowest BCUT2D eigenvalue weighted by Crippen LogP contribution is -2.33. The number of carbonyl (C=O) groups excluding carboxylic acids is 2. The molecule has 0 saturated heterocycles. The average molecular weight is 355 g/mol. The summed E-state index contributed by atoms with van der Waals surface area (Å²) in [6.45, 7) is 0. The van der Waals surface area contributed by atoms with Gasteiger partial charge in [-0.3, -0.25) is 14.9 Å². The Kier molecular flexibility index (Phi) is 4.83. The maximum atomic E-state index is 12.5. The van der Waals surface area contributed by atoms with Gasteiger partial charge in [0.1, 0.15) is 0 Å². The summed E-state index contributed by atoms with van der Waals surface area (Å²) in [5.41, 5.74) is 5.85.